The van der Waals surface area contributed by atoms with Crippen LogP contribution in [0.25, 0.3) is 0 Å². The molecule has 0 aromatic heterocycles. The number of carboxylic acids is 1. The van der Waals surface area contributed by atoms with Crippen LogP contribution in [0.5, 0.6) is 0 Å². The van der Waals surface area contributed by atoms with Crippen molar-refractivity contribution in [1.82, 2.24) is 4.90 Å². The number of carboxylic acid groups (broad SMARTS) is 1. The Morgan fingerprint density at radius 1 is 1.38 bits per heavy atom. The number of aliphatic carboxylic acids is 1. The number of nitrogens with zero attached hydrogens (tertiary/aromatic N) is 1. The van der Waals surface area contributed by atoms with Gasteiger partial charge in [0.2, 0.25) is 0 Å². The normalized spacial score (nSPS) is 14.9. The highest BCUT2D eigenvalue weighted by molar-refractivity contribution is 6.35. The van der Waals surface area contributed by atoms with Gasteiger partial charge in [0.05, 0.1) is 0 Å². The predicted octanol–water partition coefficient (Wildman–Crippen LogP) is 2.85. The summed E-state index contributed by atoms with van der Waals surface area (Å²) in [5, 5.41) is 10.2. The molecule has 0 heterocycles. The number of rotatable bonds is 3. The van der Waals surface area contributed by atoms with Crippen LogP contribution in [0.15, 0.2) is 18.2 Å². The van der Waals surface area contributed by atoms with Gasteiger partial charge in [0.1, 0.15) is 5.54 Å². The molecule has 0 spiro atoms. The van der Waals surface area contributed by atoms with Gasteiger partial charge in [-0.1, -0.05) is 29.3 Å². The fraction of sp³-hybridized carbons (Fsp3) is 0.364. The number of benzene rings is 1. The minimum absolute atomic E-state index is 0.353. The van der Waals surface area contributed by atoms with Crippen molar-refractivity contribution in [2.45, 2.75) is 12.5 Å². The summed E-state index contributed by atoms with van der Waals surface area (Å²) in [7, 11) is 3.39. The Balaban J connectivity index is 3.38. The highest BCUT2D eigenvalue weighted by atomic mass is 35.5. The second-order valence-electron chi connectivity index (χ2n) is 3.90. The highest BCUT2D eigenvalue weighted by Gasteiger charge is 2.39. The second kappa shape index (κ2) is 4.62. The van der Waals surface area contributed by atoms with Gasteiger partial charge in [-0.15, -0.1) is 0 Å². The van der Waals surface area contributed by atoms with E-state index in [9.17, 15) is 9.90 Å². The van der Waals surface area contributed by atoms with Gasteiger partial charge in [0, 0.05) is 15.6 Å². The van der Waals surface area contributed by atoms with Gasteiger partial charge >= 0.3 is 5.97 Å². The quantitative estimate of drug-likeness (QED) is 0.910. The number of halogens is 2. The van der Waals surface area contributed by atoms with Crippen LogP contribution >= 0.6 is 23.2 Å². The van der Waals surface area contributed by atoms with E-state index in [1.165, 1.54) is 0 Å². The van der Waals surface area contributed by atoms with Crippen molar-refractivity contribution < 1.29 is 9.90 Å². The molecule has 0 saturated carbocycles. The Hall–Kier alpha value is -0.770. The number of likely N-dealkylation sites (N-methyl/N-ethyl adjacent to an activating group) is 1. The Labute approximate surface area is 105 Å². The minimum Gasteiger partial charge on any atom is -0.480 e. The van der Waals surface area contributed by atoms with Crippen molar-refractivity contribution in [3.05, 3.63) is 33.8 Å². The summed E-state index contributed by atoms with van der Waals surface area (Å²) in [5.41, 5.74) is -0.641. The lowest BCUT2D eigenvalue weighted by Crippen LogP contribution is -2.45. The molecule has 88 valence electrons. The first kappa shape index (κ1) is 13.3. The average Bonchev–Trinajstić information content (AvgIpc) is 2.15. The molecular formula is C11H13Cl2NO2. The van der Waals surface area contributed by atoms with E-state index in [0.717, 1.165) is 0 Å². The molecule has 1 aromatic rings. The third kappa shape index (κ3) is 2.17. The van der Waals surface area contributed by atoms with E-state index in [2.05, 4.69) is 0 Å². The predicted molar refractivity (Wildman–Crippen MR) is 65.1 cm³/mol. The molecule has 1 N–H and O–H groups in total. The first-order valence-corrected chi connectivity index (χ1v) is 5.42. The lowest BCUT2D eigenvalue weighted by molar-refractivity contribution is -0.149. The van der Waals surface area contributed by atoms with Crippen LogP contribution in [0, 0.1) is 0 Å². The zero-order valence-corrected chi connectivity index (χ0v) is 10.8. The summed E-state index contributed by atoms with van der Waals surface area (Å²) >= 11 is 11.8. The monoisotopic (exact) mass is 261 g/mol. The van der Waals surface area contributed by atoms with E-state index < -0.39 is 11.5 Å². The average molecular weight is 262 g/mol. The van der Waals surface area contributed by atoms with Crippen molar-refractivity contribution in [2.24, 2.45) is 0 Å². The van der Waals surface area contributed by atoms with E-state index in [0.29, 0.717) is 15.6 Å². The van der Waals surface area contributed by atoms with E-state index in [-0.39, 0.29) is 0 Å². The van der Waals surface area contributed by atoms with Crippen LogP contribution in [0.1, 0.15) is 12.5 Å². The summed E-state index contributed by atoms with van der Waals surface area (Å²) in [6.07, 6.45) is 0. The molecule has 0 unspecified atom stereocenters. The largest absolute Gasteiger partial charge is 0.480 e. The lowest BCUT2D eigenvalue weighted by atomic mass is 9.91. The molecule has 0 aliphatic carbocycles. The molecule has 1 atom stereocenters. The van der Waals surface area contributed by atoms with Crippen molar-refractivity contribution in [1.29, 1.82) is 0 Å². The maximum Gasteiger partial charge on any atom is 0.328 e. The second-order valence-corrected chi connectivity index (χ2v) is 4.74. The summed E-state index contributed by atoms with van der Waals surface area (Å²) in [6, 6.07) is 4.81. The van der Waals surface area contributed by atoms with Crippen LogP contribution in [-0.4, -0.2) is 30.1 Å². The fourth-order valence-electron chi connectivity index (χ4n) is 1.43. The Bertz CT molecular complexity index is 420. The van der Waals surface area contributed by atoms with Gasteiger partial charge in [-0.05, 0) is 33.2 Å². The van der Waals surface area contributed by atoms with Crippen molar-refractivity contribution in [3.8, 4) is 0 Å². The Kier molecular flexibility index (Phi) is 3.84. The van der Waals surface area contributed by atoms with Crippen LogP contribution < -0.4 is 0 Å². The summed E-state index contributed by atoms with van der Waals surface area (Å²) < 4.78 is 0. The standard InChI is InChI=1S/C11H13Cl2NO2/c1-11(10(15)16,14(2)3)8-5-4-7(12)6-9(8)13/h4-6H,1-3H3,(H,15,16)/t11-/m1/s1. The maximum absolute atomic E-state index is 11.4. The molecule has 16 heavy (non-hydrogen) atoms. The minimum atomic E-state index is -1.17. The molecule has 1 aromatic carbocycles. The molecule has 0 aliphatic rings. The molecule has 0 radical (unpaired) electrons. The molecular weight excluding hydrogens is 249 g/mol. The van der Waals surface area contributed by atoms with Gasteiger partial charge in [-0.25, -0.2) is 4.79 Å². The molecule has 0 fully saturated rings. The molecule has 0 aliphatic heterocycles. The zero-order valence-electron chi connectivity index (χ0n) is 9.29. The molecule has 0 amide bonds. The number of hydrogen-bond donors (Lipinski definition) is 1. The summed E-state index contributed by atoms with van der Waals surface area (Å²) in [4.78, 5) is 13.0. The smallest absolute Gasteiger partial charge is 0.328 e. The van der Waals surface area contributed by atoms with Gasteiger partial charge < -0.3 is 5.11 Å². The first-order valence-electron chi connectivity index (χ1n) is 4.66. The van der Waals surface area contributed by atoms with Gasteiger partial charge in [0.25, 0.3) is 0 Å². The topological polar surface area (TPSA) is 40.5 Å². The lowest BCUT2D eigenvalue weighted by Gasteiger charge is -2.33. The van der Waals surface area contributed by atoms with Gasteiger partial charge in [-0.3, -0.25) is 4.90 Å². The fourth-order valence-corrected chi connectivity index (χ4v) is 2.02. The van der Waals surface area contributed by atoms with E-state index in [1.807, 2.05) is 0 Å². The zero-order chi connectivity index (χ0) is 12.5. The first-order chi connectivity index (χ1) is 7.30. The number of carbonyl (C=O) groups is 1. The molecule has 5 heteroatoms. The van der Waals surface area contributed by atoms with Crippen molar-refractivity contribution >= 4 is 29.2 Å². The Morgan fingerprint density at radius 2 is 1.94 bits per heavy atom. The van der Waals surface area contributed by atoms with Gasteiger partial charge in [0.15, 0.2) is 0 Å². The molecule has 1 rings (SSSR count). The van der Waals surface area contributed by atoms with Crippen molar-refractivity contribution in [2.75, 3.05) is 14.1 Å². The van der Waals surface area contributed by atoms with Crippen LogP contribution in [0.3, 0.4) is 0 Å². The Morgan fingerprint density at radius 3 is 2.31 bits per heavy atom. The maximum atomic E-state index is 11.4. The van der Waals surface area contributed by atoms with E-state index >= 15 is 0 Å². The van der Waals surface area contributed by atoms with Crippen LogP contribution in [-0.2, 0) is 10.3 Å². The summed E-state index contributed by atoms with van der Waals surface area (Å²) in [6.45, 7) is 1.60. The molecule has 3 nitrogen and oxygen atoms in total. The highest BCUT2D eigenvalue weighted by Crippen LogP contribution is 2.33. The van der Waals surface area contributed by atoms with Crippen molar-refractivity contribution in [3.63, 3.8) is 0 Å². The van der Waals surface area contributed by atoms with E-state index in [1.54, 1.807) is 44.1 Å². The third-order valence-electron chi connectivity index (χ3n) is 2.77. The van der Waals surface area contributed by atoms with Crippen LogP contribution in [0.2, 0.25) is 10.0 Å². The molecule has 0 saturated heterocycles. The third-order valence-corrected chi connectivity index (χ3v) is 3.31. The van der Waals surface area contributed by atoms with Crippen LogP contribution in [0.4, 0.5) is 0 Å². The summed E-state index contributed by atoms with van der Waals surface area (Å²) in [5.74, 6) is -0.957. The van der Waals surface area contributed by atoms with Gasteiger partial charge in [-0.2, -0.15) is 0 Å². The van der Waals surface area contributed by atoms with E-state index in [4.69, 9.17) is 23.2 Å². The number of hydrogen-bond acceptors (Lipinski definition) is 2. The molecule has 0 bridgehead atoms. The SMILES string of the molecule is CN(C)[C@@](C)(C(=O)O)c1ccc(Cl)cc1Cl.